The maximum Gasteiger partial charge on any atom is 0.416 e. The van der Waals surface area contributed by atoms with Gasteiger partial charge in [-0.25, -0.2) is 9.97 Å². The number of aryl methyl sites for hydroxylation is 2. The highest BCUT2D eigenvalue weighted by molar-refractivity contribution is 9.10. The molecule has 2 aromatic carbocycles. The number of aromatic nitrogens is 2. The van der Waals surface area contributed by atoms with Gasteiger partial charge in [0, 0.05) is 22.0 Å². The van der Waals surface area contributed by atoms with E-state index in [4.69, 9.17) is 0 Å². The number of nitrogens with zero attached hydrogens (tertiary/aromatic N) is 3. The summed E-state index contributed by atoms with van der Waals surface area (Å²) in [5, 5.41) is 15.1. The van der Waals surface area contributed by atoms with Crippen molar-refractivity contribution in [1.29, 1.82) is 0 Å². The van der Waals surface area contributed by atoms with Crippen LogP contribution in [-0.2, 0) is 19.0 Å². The number of non-ortho nitro benzene ring substituents is 1. The van der Waals surface area contributed by atoms with Gasteiger partial charge in [0.25, 0.3) is 5.69 Å². The summed E-state index contributed by atoms with van der Waals surface area (Å²) in [4.78, 5) is 19.4. The quantitative estimate of drug-likeness (QED) is 0.340. The van der Waals surface area contributed by atoms with Gasteiger partial charge in [0.1, 0.15) is 11.6 Å². The Balaban J connectivity index is 1.79. The van der Waals surface area contributed by atoms with E-state index in [2.05, 4.69) is 31.2 Å². The van der Waals surface area contributed by atoms with Crippen LogP contribution in [0.3, 0.4) is 0 Å². The first kappa shape index (κ1) is 21.5. The molecule has 162 valence electrons. The molecule has 1 atom stereocenters. The molecule has 0 fully saturated rings. The lowest BCUT2D eigenvalue weighted by Crippen LogP contribution is -2.13. The zero-order chi connectivity index (χ0) is 22.5. The summed E-state index contributed by atoms with van der Waals surface area (Å²) >= 11 is 3.61. The molecule has 0 saturated heterocycles. The summed E-state index contributed by atoms with van der Waals surface area (Å²) in [6.07, 6.45) is -1.80. The highest BCUT2D eigenvalue weighted by atomic mass is 79.9. The van der Waals surface area contributed by atoms with E-state index in [-0.39, 0.29) is 5.56 Å². The molecule has 1 N–H and O–H groups in total. The van der Waals surface area contributed by atoms with Crippen LogP contribution in [-0.4, -0.2) is 14.9 Å². The molecule has 0 radical (unpaired) electrons. The van der Waals surface area contributed by atoms with Gasteiger partial charge >= 0.3 is 6.18 Å². The lowest BCUT2D eigenvalue weighted by Gasteiger charge is -2.19. The molecule has 1 aliphatic rings. The second-order valence-corrected chi connectivity index (χ2v) is 8.47. The predicted octanol–water partition coefficient (Wildman–Crippen LogP) is 6.29. The molecule has 0 spiro atoms. The standard InChI is InChI=1S/C21H18BrF3N4O2/c1-10(12-6-13(21(23,24)25)8-14(7-12)29(30)31)26-20-17-9-18(22)15-4-3-5-16(15)19(17)27-11(2)28-20/h6-10H,3-5H2,1-2H3,(H,26,27,28). The number of alkyl halides is 3. The van der Waals surface area contributed by atoms with Gasteiger partial charge in [-0.15, -0.1) is 0 Å². The van der Waals surface area contributed by atoms with Gasteiger partial charge in [-0.1, -0.05) is 15.9 Å². The van der Waals surface area contributed by atoms with Gasteiger partial charge < -0.3 is 5.32 Å². The summed E-state index contributed by atoms with van der Waals surface area (Å²) < 4.78 is 40.7. The molecule has 1 aliphatic carbocycles. The average molecular weight is 495 g/mol. The molecular weight excluding hydrogens is 477 g/mol. The van der Waals surface area contributed by atoms with Gasteiger partial charge in [-0.3, -0.25) is 10.1 Å². The fraction of sp³-hybridized carbons (Fsp3) is 0.333. The van der Waals surface area contributed by atoms with Crippen molar-refractivity contribution in [1.82, 2.24) is 9.97 Å². The van der Waals surface area contributed by atoms with E-state index in [1.807, 2.05) is 6.07 Å². The number of hydrogen-bond donors (Lipinski definition) is 1. The Morgan fingerprint density at radius 1 is 1.16 bits per heavy atom. The van der Waals surface area contributed by atoms with Crippen LogP contribution in [0.25, 0.3) is 10.9 Å². The second-order valence-electron chi connectivity index (χ2n) is 7.62. The number of nitro groups is 1. The van der Waals surface area contributed by atoms with E-state index in [1.165, 1.54) is 5.56 Å². The van der Waals surface area contributed by atoms with Crippen molar-refractivity contribution < 1.29 is 18.1 Å². The Labute approximate surface area is 184 Å². The molecule has 0 aliphatic heterocycles. The Hall–Kier alpha value is -2.75. The minimum Gasteiger partial charge on any atom is -0.363 e. The van der Waals surface area contributed by atoms with Gasteiger partial charge in [-0.05, 0) is 61.9 Å². The molecule has 10 heteroatoms. The molecule has 4 rings (SSSR count). The summed E-state index contributed by atoms with van der Waals surface area (Å²) in [5.41, 5.74) is 1.68. The number of benzene rings is 2. The van der Waals surface area contributed by atoms with Crippen LogP contribution >= 0.6 is 15.9 Å². The monoisotopic (exact) mass is 494 g/mol. The minimum absolute atomic E-state index is 0.145. The van der Waals surface area contributed by atoms with Crippen LogP contribution in [0.5, 0.6) is 0 Å². The van der Waals surface area contributed by atoms with E-state index >= 15 is 0 Å². The third-order valence-corrected chi connectivity index (χ3v) is 6.16. The number of fused-ring (bicyclic) bond motifs is 3. The van der Waals surface area contributed by atoms with E-state index < -0.39 is 28.4 Å². The molecule has 1 unspecified atom stereocenters. The third kappa shape index (κ3) is 4.08. The molecule has 0 amide bonds. The van der Waals surface area contributed by atoms with Crippen LogP contribution in [0.15, 0.2) is 28.7 Å². The summed E-state index contributed by atoms with van der Waals surface area (Å²) in [5.74, 6) is 1.01. The molecule has 0 saturated carbocycles. The van der Waals surface area contributed by atoms with E-state index in [0.29, 0.717) is 17.7 Å². The van der Waals surface area contributed by atoms with Gasteiger partial charge in [0.15, 0.2) is 0 Å². The number of anilines is 1. The van der Waals surface area contributed by atoms with Crippen molar-refractivity contribution in [2.24, 2.45) is 0 Å². The fourth-order valence-corrected chi connectivity index (χ4v) is 4.65. The summed E-state index contributed by atoms with van der Waals surface area (Å²) in [6, 6.07) is 3.87. The number of halogens is 4. The molecule has 1 aromatic heterocycles. The summed E-state index contributed by atoms with van der Waals surface area (Å²) in [7, 11) is 0. The largest absolute Gasteiger partial charge is 0.416 e. The first-order chi connectivity index (χ1) is 14.5. The second kappa shape index (κ2) is 7.74. The van der Waals surface area contributed by atoms with Gasteiger partial charge in [0.05, 0.1) is 22.0 Å². The average Bonchev–Trinajstić information content (AvgIpc) is 3.19. The Morgan fingerprint density at radius 3 is 2.55 bits per heavy atom. The zero-order valence-electron chi connectivity index (χ0n) is 16.7. The number of nitrogens with one attached hydrogen (secondary N) is 1. The SMILES string of the molecule is Cc1nc(NC(C)c2cc([N+](=O)[O-])cc(C(F)(F)F)c2)c2cc(Br)c3c(c2n1)CCC3. The molecule has 6 nitrogen and oxygen atoms in total. The van der Waals surface area contributed by atoms with Crippen molar-refractivity contribution >= 4 is 38.3 Å². The topological polar surface area (TPSA) is 81.0 Å². The van der Waals surface area contributed by atoms with Crippen LogP contribution in [0.2, 0.25) is 0 Å². The number of hydrogen-bond acceptors (Lipinski definition) is 5. The number of nitro benzene ring substituents is 1. The molecule has 3 aromatic rings. The van der Waals surface area contributed by atoms with Gasteiger partial charge in [-0.2, -0.15) is 13.2 Å². The Kier molecular flexibility index (Phi) is 5.36. The van der Waals surface area contributed by atoms with Crippen molar-refractivity contribution in [3.05, 3.63) is 66.9 Å². The van der Waals surface area contributed by atoms with Crippen LogP contribution in [0.4, 0.5) is 24.7 Å². The Bertz CT molecular complexity index is 1210. The van der Waals surface area contributed by atoms with Crippen molar-refractivity contribution in [3.63, 3.8) is 0 Å². The third-order valence-electron chi connectivity index (χ3n) is 5.45. The maximum atomic E-state index is 13.3. The van der Waals surface area contributed by atoms with Gasteiger partial charge in [0.2, 0.25) is 0 Å². The zero-order valence-corrected chi connectivity index (χ0v) is 18.3. The van der Waals surface area contributed by atoms with Crippen LogP contribution < -0.4 is 5.32 Å². The van der Waals surface area contributed by atoms with E-state index in [0.717, 1.165) is 52.3 Å². The van der Waals surface area contributed by atoms with Crippen molar-refractivity contribution in [2.75, 3.05) is 5.32 Å². The Morgan fingerprint density at radius 2 is 1.87 bits per heavy atom. The maximum absolute atomic E-state index is 13.3. The molecule has 1 heterocycles. The van der Waals surface area contributed by atoms with E-state index in [1.54, 1.807) is 13.8 Å². The normalized spacial score (nSPS) is 14.5. The van der Waals surface area contributed by atoms with Crippen LogP contribution in [0, 0.1) is 17.0 Å². The molecule has 0 bridgehead atoms. The number of rotatable bonds is 4. The van der Waals surface area contributed by atoms with Crippen LogP contribution in [0.1, 0.15) is 47.5 Å². The predicted molar refractivity (Wildman–Crippen MR) is 114 cm³/mol. The first-order valence-electron chi connectivity index (χ1n) is 9.66. The minimum atomic E-state index is -4.69. The highest BCUT2D eigenvalue weighted by Gasteiger charge is 2.33. The van der Waals surface area contributed by atoms with E-state index in [9.17, 15) is 23.3 Å². The lowest BCUT2D eigenvalue weighted by atomic mass is 10.0. The van der Waals surface area contributed by atoms with Crippen molar-refractivity contribution in [2.45, 2.75) is 45.3 Å². The molecular formula is C21H18BrF3N4O2. The smallest absolute Gasteiger partial charge is 0.363 e. The van der Waals surface area contributed by atoms with Crippen molar-refractivity contribution in [3.8, 4) is 0 Å². The lowest BCUT2D eigenvalue weighted by molar-refractivity contribution is -0.385. The highest BCUT2D eigenvalue weighted by Crippen LogP contribution is 2.38. The summed E-state index contributed by atoms with van der Waals surface area (Å²) in [6.45, 7) is 3.40. The fourth-order valence-electron chi connectivity index (χ4n) is 3.98. The first-order valence-corrected chi connectivity index (χ1v) is 10.5. The molecule has 31 heavy (non-hydrogen) atoms.